The number of nitrogens with zero attached hydrogens (tertiary/aromatic N) is 1. The van der Waals surface area contributed by atoms with Crippen molar-refractivity contribution in [3.05, 3.63) is 0 Å². The Hall–Kier alpha value is -0.0400. The first-order chi connectivity index (χ1) is 5.77. The van der Waals surface area contributed by atoms with Crippen LogP contribution >= 0.6 is 0 Å². The Morgan fingerprint density at radius 2 is 1.83 bits per heavy atom. The van der Waals surface area contributed by atoms with Gasteiger partial charge in [-0.1, -0.05) is 13.8 Å². The molecular formula is C11H21N. The van der Waals surface area contributed by atoms with E-state index in [1.54, 1.807) is 0 Å². The summed E-state index contributed by atoms with van der Waals surface area (Å²) in [7, 11) is 0. The fourth-order valence-electron chi connectivity index (χ4n) is 2.86. The number of likely N-dealkylation sites (tertiary alicyclic amines) is 1. The first kappa shape index (κ1) is 8.55. The summed E-state index contributed by atoms with van der Waals surface area (Å²) in [6.45, 7) is 7.61. The van der Waals surface area contributed by atoms with Gasteiger partial charge < -0.3 is 4.90 Å². The highest BCUT2D eigenvalue weighted by molar-refractivity contribution is 4.86. The highest BCUT2D eigenvalue weighted by atomic mass is 15.2. The van der Waals surface area contributed by atoms with Crippen LogP contribution in [-0.2, 0) is 0 Å². The van der Waals surface area contributed by atoms with Crippen LogP contribution in [-0.4, -0.2) is 24.0 Å². The molecule has 1 nitrogen and oxygen atoms in total. The first-order valence-corrected chi connectivity index (χ1v) is 5.51. The van der Waals surface area contributed by atoms with Crippen molar-refractivity contribution < 1.29 is 0 Å². The second-order valence-electron chi connectivity index (χ2n) is 4.85. The van der Waals surface area contributed by atoms with Gasteiger partial charge in [-0.2, -0.15) is 0 Å². The molecule has 70 valence electrons. The summed E-state index contributed by atoms with van der Waals surface area (Å²) in [5.74, 6) is 1.94. The predicted molar refractivity (Wildman–Crippen MR) is 52.2 cm³/mol. The average Bonchev–Trinajstić information content (AvgIpc) is 1.91. The Morgan fingerprint density at radius 3 is 2.33 bits per heavy atom. The first-order valence-electron chi connectivity index (χ1n) is 5.51. The van der Waals surface area contributed by atoms with Gasteiger partial charge in [0, 0.05) is 6.04 Å². The largest absolute Gasteiger partial charge is 0.300 e. The van der Waals surface area contributed by atoms with Crippen molar-refractivity contribution in [1.29, 1.82) is 0 Å². The van der Waals surface area contributed by atoms with E-state index in [1.165, 1.54) is 38.8 Å². The molecule has 1 aliphatic heterocycles. The molecule has 0 bridgehead atoms. The Morgan fingerprint density at radius 1 is 1.08 bits per heavy atom. The highest BCUT2D eigenvalue weighted by Gasteiger charge is 2.32. The fraction of sp³-hybridized carbons (Fsp3) is 1.00. The van der Waals surface area contributed by atoms with Crippen molar-refractivity contribution in [2.24, 2.45) is 11.8 Å². The van der Waals surface area contributed by atoms with Crippen LogP contribution in [0.3, 0.4) is 0 Å². The van der Waals surface area contributed by atoms with E-state index in [0.29, 0.717) is 0 Å². The van der Waals surface area contributed by atoms with E-state index in [-0.39, 0.29) is 0 Å². The van der Waals surface area contributed by atoms with Crippen LogP contribution in [0.1, 0.15) is 39.5 Å². The quantitative estimate of drug-likeness (QED) is 0.580. The molecule has 1 heteroatoms. The molecule has 3 unspecified atom stereocenters. The molecular weight excluding hydrogens is 146 g/mol. The van der Waals surface area contributed by atoms with Gasteiger partial charge in [-0.05, 0) is 50.6 Å². The fourth-order valence-corrected chi connectivity index (χ4v) is 2.86. The molecule has 2 rings (SSSR count). The highest BCUT2D eigenvalue weighted by Crippen LogP contribution is 2.33. The van der Waals surface area contributed by atoms with Crippen molar-refractivity contribution in [3.63, 3.8) is 0 Å². The molecule has 0 aromatic heterocycles. The van der Waals surface area contributed by atoms with Crippen molar-refractivity contribution in [2.45, 2.75) is 45.6 Å². The standard InChI is InChI=1S/C11H21N/c1-9-4-5-11(10(2)8-9)12-6-3-7-12/h9-11H,3-8H2,1-2H3. The monoisotopic (exact) mass is 167 g/mol. The van der Waals surface area contributed by atoms with Crippen molar-refractivity contribution >= 4 is 0 Å². The molecule has 0 spiro atoms. The van der Waals surface area contributed by atoms with Crippen LogP contribution in [0.4, 0.5) is 0 Å². The SMILES string of the molecule is CC1CCC(N2CCC2)C(C)C1. The van der Waals surface area contributed by atoms with E-state index >= 15 is 0 Å². The summed E-state index contributed by atoms with van der Waals surface area (Å²) >= 11 is 0. The normalized spacial score (nSPS) is 44.0. The third-order valence-electron chi connectivity index (χ3n) is 3.75. The van der Waals surface area contributed by atoms with E-state index < -0.39 is 0 Å². The molecule has 3 atom stereocenters. The average molecular weight is 167 g/mol. The third-order valence-corrected chi connectivity index (χ3v) is 3.75. The third kappa shape index (κ3) is 1.52. The van der Waals surface area contributed by atoms with E-state index in [9.17, 15) is 0 Å². The second kappa shape index (κ2) is 3.37. The molecule has 0 aromatic carbocycles. The molecule has 1 aliphatic carbocycles. The summed E-state index contributed by atoms with van der Waals surface area (Å²) in [5, 5.41) is 0. The van der Waals surface area contributed by atoms with E-state index in [0.717, 1.165) is 17.9 Å². The lowest BCUT2D eigenvalue weighted by Gasteiger charge is -2.45. The Kier molecular flexibility index (Phi) is 2.40. The molecule has 0 aromatic rings. The summed E-state index contributed by atoms with van der Waals surface area (Å²) in [6.07, 6.45) is 5.83. The van der Waals surface area contributed by atoms with Crippen LogP contribution in [0.5, 0.6) is 0 Å². The minimum Gasteiger partial charge on any atom is -0.300 e. The number of hydrogen-bond acceptors (Lipinski definition) is 1. The molecule has 0 radical (unpaired) electrons. The molecule has 2 fully saturated rings. The maximum Gasteiger partial charge on any atom is 0.0121 e. The van der Waals surface area contributed by atoms with Crippen LogP contribution in [0.15, 0.2) is 0 Å². The zero-order valence-corrected chi connectivity index (χ0v) is 8.42. The van der Waals surface area contributed by atoms with Crippen molar-refractivity contribution in [3.8, 4) is 0 Å². The number of hydrogen-bond donors (Lipinski definition) is 0. The van der Waals surface area contributed by atoms with Crippen LogP contribution < -0.4 is 0 Å². The Bertz CT molecular complexity index is 151. The smallest absolute Gasteiger partial charge is 0.0121 e. The van der Waals surface area contributed by atoms with Gasteiger partial charge in [-0.15, -0.1) is 0 Å². The summed E-state index contributed by atoms with van der Waals surface area (Å²) < 4.78 is 0. The molecule has 1 heterocycles. The second-order valence-corrected chi connectivity index (χ2v) is 4.85. The van der Waals surface area contributed by atoms with Gasteiger partial charge in [0.25, 0.3) is 0 Å². The molecule has 0 amide bonds. The lowest BCUT2D eigenvalue weighted by atomic mass is 9.78. The zero-order chi connectivity index (χ0) is 8.55. The minimum atomic E-state index is 0.940. The van der Waals surface area contributed by atoms with E-state index in [4.69, 9.17) is 0 Å². The lowest BCUT2D eigenvalue weighted by Crippen LogP contribution is -2.49. The molecule has 12 heavy (non-hydrogen) atoms. The zero-order valence-electron chi connectivity index (χ0n) is 8.42. The molecule has 1 saturated carbocycles. The summed E-state index contributed by atoms with van der Waals surface area (Å²) in [6, 6.07) is 0.940. The Labute approximate surface area is 76.1 Å². The van der Waals surface area contributed by atoms with Gasteiger partial charge in [0.05, 0.1) is 0 Å². The maximum atomic E-state index is 2.69. The van der Waals surface area contributed by atoms with Gasteiger partial charge in [0.1, 0.15) is 0 Å². The molecule has 0 N–H and O–H groups in total. The summed E-state index contributed by atoms with van der Waals surface area (Å²) in [5.41, 5.74) is 0. The Balaban J connectivity index is 1.88. The minimum absolute atomic E-state index is 0.940. The lowest BCUT2D eigenvalue weighted by molar-refractivity contribution is 0.0457. The number of rotatable bonds is 1. The van der Waals surface area contributed by atoms with E-state index in [1.807, 2.05) is 0 Å². The van der Waals surface area contributed by atoms with Gasteiger partial charge in [-0.3, -0.25) is 0 Å². The topological polar surface area (TPSA) is 3.24 Å². The van der Waals surface area contributed by atoms with Gasteiger partial charge in [0.15, 0.2) is 0 Å². The van der Waals surface area contributed by atoms with Gasteiger partial charge >= 0.3 is 0 Å². The molecule has 1 saturated heterocycles. The van der Waals surface area contributed by atoms with Crippen molar-refractivity contribution in [2.75, 3.05) is 13.1 Å². The van der Waals surface area contributed by atoms with Crippen LogP contribution in [0.2, 0.25) is 0 Å². The maximum absolute atomic E-state index is 2.69. The van der Waals surface area contributed by atoms with Gasteiger partial charge in [-0.25, -0.2) is 0 Å². The van der Waals surface area contributed by atoms with Crippen molar-refractivity contribution in [1.82, 2.24) is 4.90 Å². The summed E-state index contributed by atoms with van der Waals surface area (Å²) in [4.78, 5) is 2.69. The van der Waals surface area contributed by atoms with Gasteiger partial charge in [0.2, 0.25) is 0 Å². The van der Waals surface area contributed by atoms with E-state index in [2.05, 4.69) is 18.7 Å². The van der Waals surface area contributed by atoms with Crippen LogP contribution in [0.25, 0.3) is 0 Å². The van der Waals surface area contributed by atoms with Crippen LogP contribution in [0, 0.1) is 11.8 Å². The molecule has 2 aliphatic rings. The predicted octanol–water partition coefficient (Wildman–Crippen LogP) is 2.52.